The summed E-state index contributed by atoms with van der Waals surface area (Å²) in [4.78, 5) is 30.2. The lowest BCUT2D eigenvalue weighted by atomic mass is 9.99. The number of Topliss-reactive ketones (excluding diaryl/α,β-unsaturated/α-hetero) is 1. The van der Waals surface area contributed by atoms with E-state index < -0.39 is 29.0 Å². The zero-order chi connectivity index (χ0) is 21.3. The van der Waals surface area contributed by atoms with Crippen molar-refractivity contribution in [2.45, 2.75) is 41.4 Å². The van der Waals surface area contributed by atoms with Crippen LogP contribution < -0.4 is 10.1 Å². The van der Waals surface area contributed by atoms with Gasteiger partial charge in [0.05, 0.1) is 23.4 Å². The van der Waals surface area contributed by atoms with E-state index in [0.717, 1.165) is 11.8 Å². The summed E-state index contributed by atoms with van der Waals surface area (Å²) >= 11 is 7.26. The van der Waals surface area contributed by atoms with Crippen molar-refractivity contribution in [1.82, 2.24) is 10.3 Å². The number of thioether (sulfide) groups is 1. The van der Waals surface area contributed by atoms with Gasteiger partial charge in [0.15, 0.2) is 5.78 Å². The number of nitrogens with one attached hydrogen (secondary N) is 1. The number of benzene rings is 1. The van der Waals surface area contributed by atoms with Gasteiger partial charge in [0.25, 0.3) is 5.92 Å². The lowest BCUT2D eigenvalue weighted by Gasteiger charge is -2.27. The first-order chi connectivity index (χ1) is 14.3. The number of rotatable bonds is 7. The molecule has 1 saturated heterocycles. The van der Waals surface area contributed by atoms with Crippen molar-refractivity contribution in [1.29, 1.82) is 0 Å². The number of ether oxygens (including phenoxy) is 1. The molecular formula is C21H19ClF2N2O3S. The third-order valence-corrected chi connectivity index (χ3v) is 6.87. The molecule has 30 heavy (non-hydrogen) atoms. The van der Waals surface area contributed by atoms with Crippen molar-refractivity contribution >= 4 is 35.1 Å². The van der Waals surface area contributed by atoms with Crippen LogP contribution in [0, 0.1) is 5.92 Å². The summed E-state index contributed by atoms with van der Waals surface area (Å²) in [6, 6.07) is 11.5. The Bertz CT molecular complexity index is 957. The van der Waals surface area contributed by atoms with Gasteiger partial charge in [-0.05, 0) is 24.6 Å². The molecule has 2 fully saturated rings. The number of pyridine rings is 1. The van der Waals surface area contributed by atoms with Crippen LogP contribution in [-0.2, 0) is 9.59 Å². The molecule has 1 aliphatic carbocycles. The normalized spacial score (nSPS) is 25.0. The van der Waals surface area contributed by atoms with E-state index >= 15 is 0 Å². The Hall–Kier alpha value is -2.19. The molecule has 3 unspecified atom stereocenters. The van der Waals surface area contributed by atoms with Crippen LogP contribution in [0.3, 0.4) is 0 Å². The zero-order valence-electron chi connectivity index (χ0n) is 15.8. The summed E-state index contributed by atoms with van der Waals surface area (Å²) in [6.07, 6.45) is 0.268. The molecule has 5 nitrogen and oxygen atoms in total. The van der Waals surface area contributed by atoms with Crippen molar-refractivity contribution in [2.75, 3.05) is 6.61 Å². The van der Waals surface area contributed by atoms with E-state index in [1.165, 1.54) is 0 Å². The van der Waals surface area contributed by atoms with E-state index in [1.807, 2.05) is 0 Å². The Morgan fingerprint density at radius 1 is 1.20 bits per heavy atom. The number of hydrogen-bond acceptors (Lipinski definition) is 5. The Kier molecular flexibility index (Phi) is 5.97. The van der Waals surface area contributed by atoms with Crippen LogP contribution in [0.15, 0.2) is 47.4 Å². The molecule has 2 aliphatic rings. The van der Waals surface area contributed by atoms with Crippen molar-refractivity contribution in [3.05, 3.63) is 53.2 Å². The van der Waals surface area contributed by atoms with E-state index in [0.29, 0.717) is 15.6 Å². The highest BCUT2D eigenvalue weighted by Gasteiger charge is 2.56. The third kappa shape index (κ3) is 4.75. The fourth-order valence-electron chi connectivity index (χ4n) is 3.31. The van der Waals surface area contributed by atoms with Crippen molar-refractivity contribution in [3.63, 3.8) is 0 Å². The molecule has 2 heterocycles. The monoisotopic (exact) mass is 452 g/mol. The Labute approximate surface area is 181 Å². The number of piperidine rings is 1. The van der Waals surface area contributed by atoms with Crippen LogP contribution in [0.5, 0.6) is 5.88 Å². The summed E-state index contributed by atoms with van der Waals surface area (Å²) in [7, 11) is 0. The topological polar surface area (TPSA) is 68.3 Å². The quantitative estimate of drug-likeness (QED) is 0.628. The maximum atomic E-state index is 12.9. The molecule has 1 aromatic carbocycles. The second-order valence-electron chi connectivity index (χ2n) is 7.36. The average molecular weight is 453 g/mol. The van der Waals surface area contributed by atoms with Crippen LogP contribution in [0.2, 0.25) is 5.02 Å². The average Bonchev–Trinajstić information content (AvgIpc) is 3.32. The highest BCUT2D eigenvalue weighted by molar-refractivity contribution is 8.01. The van der Waals surface area contributed by atoms with Crippen LogP contribution >= 0.6 is 23.4 Å². The second kappa shape index (κ2) is 8.51. The highest BCUT2D eigenvalue weighted by atomic mass is 35.5. The molecular weight excluding hydrogens is 434 g/mol. The number of carbonyl (C=O) groups is 2. The molecule has 0 bridgehead atoms. The molecule has 1 N–H and O–H groups in total. The summed E-state index contributed by atoms with van der Waals surface area (Å²) < 4.78 is 31.4. The van der Waals surface area contributed by atoms with Gasteiger partial charge in [-0.2, -0.15) is 0 Å². The predicted octanol–water partition coefficient (Wildman–Crippen LogP) is 4.45. The molecule has 0 radical (unpaired) electrons. The molecule has 158 valence electrons. The van der Waals surface area contributed by atoms with Crippen LogP contribution in [0.1, 0.15) is 31.0 Å². The number of amides is 1. The maximum absolute atomic E-state index is 12.9. The molecule has 1 saturated carbocycles. The number of alkyl halides is 2. The summed E-state index contributed by atoms with van der Waals surface area (Å²) in [6.45, 7) is 0.142. The minimum Gasteiger partial charge on any atom is -0.478 e. The fourth-order valence-corrected chi connectivity index (χ4v) is 4.58. The third-order valence-electron chi connectivity index (χ3n) is 5.11. The first-order valence-corrected chi connectivity index (χ1v) is 10.8. The fraction of sp³-hybridized carbons (Fsp3) is 0.381. The van der Waals surface area contributed by atoms with Crippen molar-refractivity contribution < 1.29 is 23.1 Å². The van der Waals surface area contributed by atoms with Gasteiger partial charge in [-0.3, -0.25) is 9.59 Å². The predicted molar refractivity (Wildman–Crippen MR) is 109 cm³/mol. The van der Waals surface area contributed by atoms with Gasteiger partial charge in [0.2, 0.25) is 11.8 Å². The van der Waals surface area contributed by atoms with Crippen LogP contribution in [0.25, 0.3) is 0 Å². The molecule has 1 aromatic heterocycles. The van der Waals surface area contributed by atoms with E-state index in [9.17, 15) is 18.4 Å². The largest absolute Gasteiger partial charge is 0.478 e. The van der Waals surface area contributed by atoms with Gasteiger partial charge in [-0.1, -0.05) is 29.8 Å². The molecule has 9 heteroatoms. The smallest absolute Gasteiger partial charge is 0.251 e. The second-order valence-corrected chi connectivity index (χ2v) is 8.91. The van der Waals surface area contributed by atoms with E-state index in [2.05, 4.69) is 10.3 Å². The molecule has 1 amide bonds. The van der Waals surface area contributed by atoms with Gasteiger partial charge < -0.3 is 10.1 Å². The minimum absolute atomic E-state index is 0.0899. The number of hydrogen-bond donors (Lipinski definition) is 1. The maximum Gasteiger partial charge on any atom is 0.251 e. The van der Waals surface area contributed by atoms with E-state index in [-0.39, 0.29) is 37.5 Å². The van der Waals surface area contributed by atoms with Gasteiger partial charge in [0, 0.05) is 29.7 Å². The van der Waals surface area contributed by atoms with Crippen molar-refractivity contribution in [3.8, 4) is 5.88 Å². The van der Waals surface area contributed by atoms with Crippen LogP contribution in [-0.4, -0.2) is 34.5 Å². The number of ketones is 1. The van der Waals surface area contributed by atoms with Gasteiger partial charge in [-0.25, -0.2) is 13.8 Å². The molecule has 1 aliphatic heterocycles. The lowest BCUT2D eigenvalue weighted by Crippen LogP contribution is -2.46. The van der Waals surface area contributed by atoms with Crippen molar-refractivity contribution in [2.24, 2.45) is 5.92 Å². The molecule has 4 rings (SSSR count). The first-order valence-electron chi connectivity index (χ1n) is 9.55. The summed E-state index contributed by atoms with van der Waals surface area (Å²) in [5.41, 5.74) is 0.493. The van der Waals surface area contributed by atoms with Gasteiger partial charge in [-0.15, -0.1) is 11.8 Å². The number of aromatic nitrogens is 1. The van der Waals surface area contributed by atoms with Crippen LogP contribution in [0.4, 0.5) is 8.78 Å². The summed E-state index contributed by atoms with van der Waals surface area (Å²) in [5, 5.41) is 2.45. The number of halogens is 3. The standard InChI is InChI=1S/C21H19ClF2N2O3S/c22-13-4-1-2-6-17(13)30-19-16(27)10-15(26-20(19)28)14-5-3-7-18(25-14)29-9-8-12-11-21(12,23)24/h1-7,12,15,19H,8-11H2,(H,26,28). The van der Waals surface area contributed by atoms with Gasteiger partial charge in [0.1, 0.15) is 5.25 Å². The molecule has 3 atom stereocenters. The highest BCUT2D eigenvalue weighted by Crippen LogP contribution is 2.50. The summed E-state index contributed by atoms with van der Waals surface area (Å²) in [5.74, 6) is -3.51. The number of nitrogens with zero attached hydrogens (tertiary/aromatic N) is 1. The van der Waals surface area contributed by atoms with Gasteiger partial charge >= 0.3 is 0 Å². The Balaban J connectivity index is 1.37. The zero-order valence-corrected chi connectivity index (χ0v) is 17.4. The van der Waals surface area contributed by atoms with E-state index in [4.69, 9.17) is 16.3 Å². The molecule has 0 spiro atoms. The first kappa shape index (κ1) is 21.1. The minimum atomic E-state index is -2.57. The lowest BCUT2D eigenvalue weighted by molar-refractivity contribution is -0.131. The number of carbonyl (C=O) groups excluding carboxylic acids is 2. The Morgan fingerprint density at radius 3 is 2.67 bits per heavy atom. The Morgan fingerprint density at radius 2 is 1.97 bits per heavy atom. The van der Waals surface area contributed by atoms with E-state index in [1.54, 1.807) is 42.5 Å². The SMILES string of the molecule is O=C1CC(c2cccc(OCCC3CC3(F)F)n2)NC(=O)C1Sc1ccccc1Cl. The molecule has 2 aromatic rings.